The Balaban J connectivity index is 1.82. The third-order valence-corrected chi connectivity index (χ3v) is 10.1. The molecule has 0 radical (unpaired) electrons. The zero-order chi connectivity index (χ0) is 33.2. The van der Waals surface area contributed by atoms with Crippen molar-refractivity contribution in [3.05, 3.63) is 145 Å². The molecule has 1 aliphatic rings. The van der Waals surface area contributed by atoms with Gasteiger partial charge in [0.2, 0.25) is 0 Å². The average molecular weight is 738 g/mol. The number of pyridine rings is 2. The van der Waals surface area contributed by atoms with Crippen molar-refractivity contribution in [3.8, 4) is 0 Å². The van der Waals surface area contributed by atoms with Gasteiger partial charge in [-0.05, 0) is 124 Å². The first-order valence-electron chi connectivity index (χ1n) is 16.0. The van der Waals surface area contributed by atoms with E-state index in [0.29, 0.717) is 0 Å². The van der Waals surface area contributed by atoms with Gasteiger partial charge in [-0.25, -0.2) is 9.97 Å². The summed E-state index contributed by atoms with van der Waals surface area (Å²) < 4.78 is 1.59. The van der Waals surface area contributed by atoms with Crippen LogP contribution in [0.15, 0.2) is 106 Å². The molecule has 0 spiro atoms. The van der Waals surface area contributed by atoms with Gasteiger partial charge in [0.15, 0.2) is 0 Å². The fourth-order valence-electron chi connectivity index (χ4n) is 6.58. The number of benzene rings is 3. The Morgan fingerprint density at radius 3 is 1.26 bits per heavy atom. The van der Waals surface area contributed by atoms with Gasteiger partial charge in [-0.1, -0.05) is 111 Å². The van der Waals surface area contributed by atoms with Crippen LogP contribution in [0.4, 0.5) is 17.1 Å². The maximum absolute atomic E-state index is 5.24. The SMILES string of the molecule is CC(C)(C)c1ccc(N2c3ccc(C(C)(C)C)cc3C(c3cccc(Br)n3)(c3cccc(Br)n3)c3cc(C(C)(C)C)ccc32)cc1. The standard InChI is InChI=1S/C41H43Br2N3/c1-38(2,3)26-16-20-29(21-17-26)46-32-22-18-27(39(4,5)6)24-30(32)41(34-12-10-14-36(42)44-34,35-13-11-15-37(43)45-35)31-25-28(40(7,8)9)19-23-33(31)46/h10-25H,1-9H3. The molecule has 0 aliphatic carbocycles. The van der Waals surface area contributed by atoms with Crippen molar-refractivity contribution in [2.45, 2.75) is 84.0 Å². The summed E-state index contributed by atoms with van der Waals surface area (Å²) in [4.78, 5) is 12.9. The normalized spacial score (nSPS) is 14.5. The number of halogens is 2. The fraction of sp³-hybridized carbons (Fsp3) is 0.317. The number of fused-ring (bicyclic) bond motifs is 2. The molecular weight excluding hydrogens is 694 g/mol. The number of aromatic nitrogens is 2. The molecule has 46 heavy (non-hydrogen) atoms. The van der Waals surface area contributed by atoms with Gasteiger partial charge in [0.25, 0.3) is 0 Å². The maximum atomic E-state index is 5.24. The molecule has 0 fully saturated rings. The first kappa shape index (κ1) is 32.7. The van der Waals surface area contributed by atoms with Crippen molar-refractivity contribution < 1.29 is 0 Å². The van der Waals surface area contributed by atoms with Crippen LogP contribution in [0.1, 0.15) is 102 Å². The van der Waals surface area contributed by atoms with E-state index in [4.69, 9.17) is 9.97 Å². The van der Waals surface area contributed by atoms with E-state index in [-0.39, 0.29) is 16.2 Å². The fourth-order valence-corrected chi connectivity index (χ4v) is 7.26. The minimum absolute atomic E-state index is 0.0628. The Labute approximate surface area is 291 Å². The highest BCUT2D eigenvalue weighted by Gasteiger charge is 2.49. The molecule has 0 bridgehead atoms. The van der Waals surface area contributed by atoms with Crippen molar-refractivity contribution in [2.24, 2.45) is 0 Å². The first-order chi connectivity index (χ1) is 21.5. The average Bonchev–Trinajstić information content (AvgIpc) is 2.98. The highest BCUT2D eigenvalue weighted by atomic mass is 79.9. The molecule has 2 aromatic heterocycles. The van der Waals surface area contributed by atoms with Crippen LogP contribution in [0.3, 0.4) is 0 Å². The van der Waals surface area contributed by atoms with Crippen molar-refractivity contribution >= 4 is 48.9 Å². The first-order valence-corrected chi connectivity index (χ1v) is 17.6. The van der Waals surface area contributed by atoms with Gasteiger partial charge >= 0.3 is 0 Å². The molecule has 3 aromatic carbocycles. The minimum atomic E-state index is -0.803. The van der Waals surface area contributed by atoms with Crippen LogP contribution in [0.25, 0.3) is 0 Å². The molecule has 3 heterocycles. The Kier molecular flexibility index (Phi) is 8.13. The van der Waals surface area contributed by atoms with Crippen LogP contribution in [0, 0.1) is 0 Å². The molecule has 5 aromatic rings. The predicted octanol–water partition coefficient (Wildman–Crippen LogP) is 12.1. The van der Waals surface area contributed by atoms with E-state index < -0.39 is 5.41 Å². The lowest BCUT2D eigenvalue weighted by Gasteiger charge is -2.46. The van der Waals surface area contributed by atoms with Crippen LogP contribution in [-0.2, 0) is 21.7 Å². The van der Waals surface area contributed by atoms with Crippen LogP contribution in [-0.4, -0.2) is 9.97 Å². The topological polar surface area (TPSA) is 29.0 Å². The van der Waals surface area contributed by atoms with Crippen molar-refractivity contribution in [1.82, 2.24) is 9.97 Å². The minimum Gasteiger partial charge on any atom is -0.310 e. The second kappa shape index (κ2) is 11.5. The molecular formula is C41H43Br2N3. The molecule has 0 amide bonds. The third-order valence-electron chi connectivity index (χ3n) is 9.21. The van der Waals surface area contributed by atoms with Crippen molar-refractivity contribution in [3.63, 3.8) is 0 Å². The summed E-state index contributed by atoms with van der Waals surface area (Å²) >= 11 is 7.46. The lowest BCUT2D eigenvalue weighted by Crippen LogP contribution is -2.40. The van der Waals surface area contributed by atoms with Gasteiger partial charge in [0, 0.05) is 5.69 Å². The van der Waals surface area contributed by atoms with Gasteiger partial charge in [-0.2, -0.15) is 0 Å². The molecule has 3 nitrogen and oxygen atoms in total. The van der Waals surface area contributed by atoms with E-state index in [0.717, 1.165) is 48.8 Å². The summed E-state index contributed by atoms with van der Waals surface area (Å²) in [7, 11) is 0. The summed E-state index contributed by atoms with van der Waals surface area (Å²) in [6, 6.07) is 35.6. The largest absolute Gasteiger partial charge is 0.310 e. The second-order valence-electron chi connectivity index (χ2n) is 15.5. The molecule has 6 rings (SSSR count). The van der Waals surface area contributed by atoms with E-state index in [1.54, 1.807) is 0 Å². The second-order valence-corrected chi connectivity index (χ2v) is 17.2. The van der Waals surface area contributed by atoms with E-state index >= 15 is 0 Å². The van der Waals surface area contributed by atoms with E-state index in [9.17, 15) is 0 Å². The van der Waals surface area contributed by atoms with Crippen LogP contribution in [0.2, 0.25) is 0 Å². The third kappa shape index (κ3) is 5.64. The molecule has 1 aliphatic heterocycles. The molecule has 0 saturated heterocycles. The number of nitrogens with zero attached hydrogens (tertiary/aromatic N) is 3. The van der Waals surface area contributed by atoms with Gasteiger partial charge in [0.1, 0.15) is 14.6 Å². The Morgan fingerprint density at radius 1 is 0.500 bits per heavy atom. The van der Waals surface area contributed by atoms with E-state index in [1.165, 1.54) is 16.7 Å². The van der Waals surface area contributed by atoms with Gasteiger partial charge in [-0.15, -0.1) is 0 Å². The number of hydrogen-bond donors (Lipinski definition) is 0. The molecule has 0 saturated carbocycles. The smallest absolute Gasteiger partial charge is 0.109 e. The molecule has 0 N–H and O–H groups in total. The van der Waals surface area contributed by atoms with Gasteiger partial charge in [-0.3, -0.25) is 0 Å². The Morgan fingerprint density at radius 2 is 0.891 bits per heavy atom. The quantitative estimate of drug-likeness (QED) is 0.169. The van der Waals surface area contributed by atoms with Crippen molar-refractivity contribution in [2.75, 3.05) is 4.90 Å². The molecule has 0 atom stereocenters. The zero-order valence-corrected chi connectivity index (χ0v) is 31.5. The lowest BCUT2D eigenvalue weighted by atomic mass is 9.64. The summed E-state index contributed by atoms with van der Waals surface area (Å²) in [6.45, 7) is 20.5. The Bertz CT molecular complexity index is 1810. The lowest BCUT2D eigenvalue weighted by molar-refractivity contribution is 0.580. The summed E-state index contributed by atoms with van der Waals surface area (Å²) in [6.07, 6.45) is 0. The van der Waals surface area contributed by atoms with Gasteiger partial charge < -0.3 is 4.90 Å². The van der Waals surface area contributed by atoms with Crippen LogP contribution < -0.4 is 4.90 Å². The summed E-state index contributed by atoms with van der Waals surface area (Å²) in [5.41, 5.74) is 10.5. The molecule has 0 unspecified atom stereocenters. The predicted molar refractivity (Wildman–Crippen MR) is 200 cm³/mol. The van der Waals surface area contributed by atoms with E-state index in [1.807, 2.05) is 12.1 Å². The maximum Gasteiger partial charge on any atom is 0.109 e. The zero-order valence-electron chi connectivity index (χ0n) is 28.3. The number of rotatable bonds is 3. The Hall–Kier alpha value is -3.28. The van der Waals surface area contributed by atoms with Gasteiger partial charge in [0.05, 0.1) is 22.8 Å². The van der Waals surface area contributed by atoms with Crippen LogP contribution >= 0.6 is 31.9 Å². The van der Waals surface area contributed by atoms with E-state index in [2.05, 4.69) is 184 Å². The highest BCUT2D eigenvalue weighted by Crippen LogP contribution is 2.58. The summed E-state index contributed by atoms with van der Waals surface area (Å²) in [5, 5.41) is 0. The monoisotopic (exact) mass is 735 g/mol. The number of hydrogen-bond acceptors (Lipinski definition) is 3. The highest BCUT2D eigenvalue weighted by molar-refractivity contribution is 9.10. The molecule has 5 heteroatoms. The molecule has 236 valence electrons. The van der Waals surface area contributed by atoms with Crippen LogP contribution in [0.5, 0.6) is 0 Å². The number of anilines is 3. The summed E-state index contributed by atoms with van der Waals surface area (Å²) in [5.74, 6) is 0. The van der Waals surface area contributed by atoms with Crippen molar-refractivity contribution in [1.29, 1.82) is 0 Å².